The Morgan fingerprint density at radius 1 is 1.43 bits per heavy atom. The Hall–Kier alpha value is -1.03. The highest BCUT2D eigenvalue weighted by Crippen LogP contribution is 2.31. The summed E-state index contributed by atoms with van der Waals surface area (Å²) in [5.41, 5.74) is 6.35. The summed E-state index contributed by atoms with van der Waals surface area (Å²) >= 11 is 0. The van der Waals surface area contributed by atoms with E-state index in [1.807, 2.05) is 10.9 Å². The summed E-state index contributed by atoms with van der Waals surface area (Å²) in [4.78, 5) is 0. The minimum Gasteiger partial charge on any atom is -0.396 e. The lowest BCUT2D eigenvalue weighted by Crippen LogP contribution is -2.20. The van der Waals surface area contributed by atoms with Gasteiger partial charge in [-0.2, -0.15) is 5.10 Å². The molecule has 1 aromatic rings. The number of nitrogens with two attached hydrogens (primary N) is 1. The van der Waals surface area contributed by atoms with Crippen molar-refractivity contribution in [3.63, 3.8) is 0 Å². The second-order valence-corrected chi connectivity index (χ2v) is 4.11. The molecule has 1 aromatic heterocycles. The van der Waals surface area contributed by atoms with E-state index in [0.29, 0.717) is 18.6 Å². The highest BCUT2D eigenvalue weighted by Gasteiger charge is 2.21. The third-order valence-corrected chi connectivity index (χ3v) is 3.07. The molecule has 2 rings (SSSR count). The molecule has 4 nitrogen and oxygen atoms in total. The second kappa shape index (κ2) is 4.00. The molecule has 1 fully saturated rings. The molecule has 1 aliphatic carbocycles. The Morgan fingerprint density at radius 2 is 2.14 bits per heavy atom. The molecule has 0 aromatic carbocycles. The molecule has 1 saturated carbocycles. The number of rotatable bonds is 2. The van der Waals surface area contributed by atoms with E-state index in [0.717, 1.165) is 31.4 Å². The fraction of sp³-hybridized carbons (Fsp3) is 0.700. The summed E-state index contributed by atoms with van der Waals surface area (Å²) in [7, 11) is 0. The van der Waals surface area contributed by atoms with Crippen LogP contribution in [0, 0.1) is 5.92 Å². The SMILES string of the molecule is Nc1cnn(C2CCC(CO)CC2)c1. The van der Waals surface area contributed by atoms with Crippen LogP contribution in [0.1, 0.15) is 31.7 Å². The Bertz CT molecular complexity index is 289. The summed E-state index contributed by atoms with van der Waals surface area (Å²) < 4.78 is 1.96. The average Bonchev–Trinajstić information content (AvgIpc) is 2.65. The van der Waals surface area contributed by atoms with Crippen LogP contribution in [0.3, 0.4) is 0 Å². The van der Waals surface area contributed by atoms with E-state index in [2.05, 4.69) is 5.10 Å². The van der Waals surface area contributed by atoms with E-state index in [9.17, 15) is 0 Å². The number of aromatic nitrogens is 2. The van der Waals surface area contributed by atoms with Gasteiger partial charge in [0.1, 0.15) is 0 Å². The van der Waals surface area contributed by atoms with Crippen LogP contribution >= 0.6 is 0 Å². The topological polar surface area (TPSA) is 64.1 Å². The first-order valence-corrected chi connectivity index (χ1v) is 5.20. The lowest BCUT2D eigenvalue weighted by molar-refractivity contribution is 0.165. The summed E-state index contributed by atoms with van der Waals surface area (Å²) in [6.45, 7) is 0.327. The fourth-order valence-electron chi connectivity index (χ4n) is 2.14. The molecule has 14 heavy (non-hydrogen) atoms. The summed E-state index contributed by atoms with van der Waals surface area (Å²) in [5.74, 6) is 0.499. The van der Waals surface area contributed by atoms with Crippen molar-refractivity contribution in [1.29, 1.82) is 0 Å². The third-order valence-electron chi connectivity index (χ3n) is 3.07. The number of aliphatic hydroxyl groups excluding tert-OH is 1. The molecule has 1 heterocycles. The highest BCUT2D eigenvalue weighted by molar-refractivity contribution is 5.30. The van der Waals surface area contributed by atoms with Crippen LogP contribution < -0.4 is 5.73 Å². The first kappa shape index (κ1) is 9.52. The number of hydrogen-bond donors (Lipinski definition) is 2. The van der Waals surface area contributed by atoms with E-state index in [1.165, 1.54) is 0 Å². The van der Waals surface area contributed by atoms with Gasteiger partial charge in [-0.05, 0) is 31.6 Å². The van der Waals surface area contributed by atoms with Gasteiger partial charge < -0.3 is 10.8 Å². The predicted octanol–water partition coefficient (Wildman–Crippen LogP) is 1.19. The quantitative estimate of drug-likeness (QED) is 0.745. The molecule has 0 unspecified atom stereocenters. The lowest BCUT2D eigenvalue weighted by Gasteiger charge is -2.27. The van der Waals surface area contributed by atoms with Gasteiger partial charge in [-0.15, -0.1) is 0 Å². The van der Waals surface area contributed by atoms with Crippen LogP contribution in [0.15, 0.2) is 12.4 Å². The minimum absolute atomic E-state index is 0.327. The van der Waals surface area contributed by atoms with Gasteiger partial charge in [0.15, 0.2) is 0 Å². The van der Waals surface area contributed by atoms with Crippen LogP contribution in [0.4, 0.5) is 5.69 Å². The van der Waals surface area contributed by atoms with Crippen molar-refractivity contribution < 1.29 is 5.11 Å². The molecule has 3 N–H and O–H groups in total. The van der Waals surface area contributed by atoms with E-state index >= 15 is 0 Å². The molecular weight excluding hydrogens is 178 g/mol. The Kier molecular flexibility index (Phi) is 2.72. The first-order valence-electron chi connectivity index (χ1n) is 5.20. The molecule has 0 atom stereocenters. The second-order valence-electron chi connectivity index (χ2n) is 4.11. The number of nitrogen functional groups attached to an aromatic ring is 1. The maximum atomic E-state index is 9.01. The van der Waals surface area contributed by atoms with Crippen LogP contribution in [-0.4, -0.2) is 21.5 Å². The van der Waals surface area contributed by atoms with Crippen LogP contribution in [0.5, 0.6) is 0 Å². The van der Waals surface area contributed by atoms with E-state index < -0.39 is 0 Å². The summed E-state index contributed by atoms with van der Waals surface area (Å²) in [6.07, 6.45) is 7.99. The molecule has 0 spiro atoms. The fourth-order valence-corrected chi connectivity index (χ4v) is 2.14. The van der Waals surface area contributed by atoms with Crippen molar-refractivity contribution in [3.05, 3.63) is 12.4 Å². The summed E-state index contributed by atoms with van der Waals surface area (Å²) in [6, 6.07) is 0.482. The number of hydrogen-bond acceptors (Lipinski definition) is 3. The van der Waals surface area contributed by atoms with Gasteiger partial charge in [0.05, 0.1) is 17.9 Å². The smallest absolute Gasteiger partial charge is 0.0719 e. The largest absolute Gasteiger partial charge is 0.396 e. The van der Waals surface area contributed by atoms with Crippen molar-refractivity contribution in [2.45, 2.75) is 31.7 Å². The predicted molar refractivity (Wildman–Crippen MR) is 54.7 cm³/mol. The van der Waals surface area contributed by atoms with Crippen molar-refractivity contribution >= 4 is 5.69 Å². The molecule has 0 amide bonds. The number of nitrogens with zero attached hydrogens (tertiary/aromatic N) is 2. The van der Waals surface area contributed by atoms with Gasteiger partial charge in [0.25, 0.3) is 0 Å². The maximum Gasteiger partial charge on any atom is 0.0719 e. The van der Waals surface area contributed by atoms with Crippen molar-refractivity contribution in [2.24, 2.45) is 5.92 Å². The molecule has 0 radical (unpaired) electrons. The van der Waals surface area contributed by atoms with Gasteiger partial charge in [0.2, 0.25) is 0 Å². The van der Waals surface area contributed by atoms with Crippen LogP contribution in [0.25, 0.3) is 0 Å². The minimum atomic E-state index is 0.327. The maximum absolute atomic E-state index is 9.01. The first-order chi connectivity index (χ1) is 6.79. The van der Waals surface area contributed by atoms with Crippen molar-refractivity contribution in [2.75, 3.05) is 12.3 Å². The van der Waals surface area contributed by atoms with Gasteiger partial charge >= 0.3 is 0 Å². The van der Waals surface area contributed by atoms with E-state index in [1.54, 1.807) is 6.20 Å². The summed E-state index contributed by atoms with van der Waals surface area (Å²) in [5, 5.41) is 13.2. The van der Waals surface area contributed by atoms with Crippen LogP contribution in [-0.2, 0) is 0 Å². The van der Waals surface area contributed by atoms with Gasteiger partial charge in [0, 0.05) is 12.8 Å². The van der Waals surface area contributed by atoms with Gasteiger partial charge in [-0.3, -0.25) is 4.68 Å². The Labute approximate surface area is 83.7 Å². The molecule has 0 bridgehead atoms. The number of anilines is 1. The van der Waals surface area contributed by atoms with E-state index in [4.69, 9.17) is 10.8 Å². The lowest BCUT2D eigenvalue weighted by atomic mass is 9.87. The molecular formula is C10H17N3O. The molecule has 4 heteroatoms. The number of aliphatic hydroxyl groups is 1. The normalized spacial score (nSPS) is 27.8. The zero-order valence-corrected chi connectivity index (χ0v) is 8.26. The van der Waals surface area contributed by atoms with Crippen molar-refractivity contribution in [3.8, 4) is 0 Å². The standard InChI is InChI=1S/C10H17N3O/c11-9-5-12-13(6-9)10-3-1-8(7-14)2-4-10/h5-6,8,10,14H,1-4,7,11H2. The molecule has 0 aliphatic heterocycles. The van der Waals surface area contributed by atoms with Crippen LogP contribution in [0.2, 0.25) is 0 Å². The Balaban J connectivity index is 1.95. The third kappa shape index (κ3) is 1.90. The molecule has 1 aliphatic rings. The van der Waals surface area contributed by atoms with Gasteiger partial charge in [-0.1, -0.05) is 0 Å². The molecule has 78 valence electrons. The van der Waals surface area contributed by atoms with E-state index in [-0.39, 0.29) is 0 Å². The Morgan fingerprint density at radius 3 is 2.64 bits per heavy atom. The molecule has 0 saturated heterocycles. The van der Waals surface area contributed by atoms with Gasteiger partial charge in [-0.25, -0.2) is 0 Å². The highest BCUT2D eigenvalue weighted by atomic mass is 16.3. The monoisotopic (exact) mass is 195 g/mol. The zero-order chi connectivity index (χ0) is 9.97. The zero-order valence-electron chi connectivity index (χ0n) is 8.26. The average molecular weight is 195 g/mol. The van der Waals surface area contributed by atoms with Crippen molar-refractivity contribution in [1.82, 2.24) is 9.78 Å².